The number of fused-ring (bicyclic) bond motifs is 1. The van der Waals surface area contributed by atoms with Crippen molar-refractivity contribution in [1.82, 2.24) is 10.2 Å². The van der Waals surface area contributed by atoms with E-state index in [-0.39, 0.29) is 11.9 Å². The largest absolute Gasteiger partial charge is 0.383 e. The number of ether oxygens (including phenoxy) is 1. The lowest BCUT2D eigenvalue weighted by atomic mass is 10.1. The Morgan fingerprint density at radius 2 is 2.35 bits per heavy atom. The van der Waals surface area contributed by atoms with Gasteiger partial charge < -0.3 is 10.1 Å². The van der Waals surface area contributed by atoms with Gasteiger partial charge in [0.1, 0.15) is 0 Å². The van der Waals surface area contributed by atoms with E-state index in [4.69, 9.17) is 4.74 Å². The van der Waals surface area contributed by atoms with E-state index < -0.39 is 0 Å². The Balaban J connectivity index is 1.56. The Bertz CT molecular complexity index is 529. The van der Waals surface area contributed by atoms with E-state index >= 15 is 0 Å². The topological polar surface area (TPSA) is 41.6 Å². The first-order valence-electron chi connectivity index (χ1n) is 7.11. The van der Waals surface area contributed by atoms with Gasteiger partial charge in [0.25, 0.3) is 5.91 Å². The second-order valence-electron chi connectivity index (χ2n) is 5.39. The van der Waals surface area contributed by atoms with E-state index in [0.29, 0.717) is 0 Å². The maximum Gasteiger partial charge on any atom is 0.252 e. The first kappa shape index (κ1) is 13.3. The molecule has 4 nitrogen and oxygen atoms in total. The zero-order chi connectivity index (χ0) is 13.9. The summed E-state index contributed by atoms with van der Waals surface area (Å²) in [7, 11) is 1.72. The Morgan fingerprint density at radius 3 is 3.20 bits per heavy atom. The van der Waals surface area contributed by atoms with Crippen LogP contribution in [0.25, 0.3) is 0 Å². The van der Waals surface area contributed by atoms with Crippen molar-refractivity contribution in [3.63, 3.8) is 0 Å². The maximum atomic E-state index is 12.3. The second-order valence-corrected chi connectivity index (χ2v) is 5.39. The van der Waals surface area contributed by atoms with Gasteiger partial charge in [-0.05, 0) is 23.6 Å². The van der Waals surface area contributed by atoms with Crippen LogP contribution in [0.1, 0.15) is 6.42 Å². The molecule has 0 bridgehead atoms. The number of allylic oxidation sites excluding steroid dienone is 6. The van der Waals surface area contributed by atoms with Crippen LogP contribution in [0.3, 0.4) is 0 Å². The maximum absolute atomic E-state index is 12.3. The number of likely N-dealkylation sites (tertiary alicyclic amines) is 1. The van der Waals surface area contributed by atoms with Crippen LogP contribution < -0.4 is 5.32 Å². The molecule has 0 aromatic carbocycles. The summed E-state index contributed by atoms with van der Waals surface area (Å²) in [5.74, 6) is 0.0461. The van der Waals surface area contributed by atoms with Crippen LogP contribution in [0.5, 0.6) is 0 Å². The Kier molecular flexibility index (Phi) is 3.85. The quantitative estimate of drug-likeness (QED) is 0.817. The molecule has 2 aliphatic carbocycles. The minimum absolute atomic E-state index is 0.0461. The summed E-state index contributed by atoms with van der Waals surface area (Å²) in [5.41, 5.74) is 2.99. The highest BCUT2D eigenvalue weighted by Crippen LogP contribution is 2.29. The van der Waals surface area contributed by atoms with Crippen molar-refractivity contribution in [2.75, 3.05) is 33.4 Å². The van der Waals surface area contributed by atoms with E-state index in [1.165, 1.54) is 0 Å². The van der Waals surface area contributed by atoms with E-state index in [1.54, 1.807) is 7.11 Å². The molecule has 1 N–H and O–H groups in total. The van der Waals surface area contributed by atoms with Crippen LogP contribution >= 0.6 is 0 Å². The Hall–Kier alpha value is -1.65. The van der Waals surface area contributed by atoms with E-state index in [9.17, 15) is 4.79 Å². The summed E-state index contributed by atoms with van der Waals surface area (Å²) in [4.78, 5) is 14.7. The molecule has 20 heavy (non-hydrogen) atoms. The number of amides is 1. The van der Waals surface area contributed by atoms with Crippen LogP contribution in [0, 0.1) is 0 Å². The van der Waals surface area contributed by atoms with Crippen molar-refractivity contribution in [2.45, 2.75) is 12.5 Å². The standard InChI is InChI=1S/C16H20N2O2/c1-20-10-9-18-8-7-13(11-18)17-16(19)15-6-5-12-3-2-4-14(12)15/h2-6,13H,7-11H2,1H3,(H,17,19)/t13-/m0/s1. The summed E-state index contributed by atoms with van der Waals surface area (Å²) >= 11 is 0. The highest BCUT2D eigenvalue weighted by molar-refractivity contribution is 6.00. The third-order valence-corrected chi connectivity index (χ3v) is 4.03. The summed E-state index contributed by atoms with van der Waals surface area (Å²) in [6.07, 6.45) is 11.0. The molecule has 106 valence electrons. The van der Waals surface area contributed by atoms with Crippen molar-refractivity contribution < 1.29 is 9.53 Å². The van der Waals surface area contributed by atoms with Gasteiger partial charge in [-0.1, -0.05) is 24.3 Å². The third kappa shape index (κ3) is 2.62. The molecule has 1 atom stereocenters. The monoisotopic (exact) mass is 272 g/mol. The molecule has 0 unspecified atom stereocenters. The van der Waals surface area contributed by atoms with Crippen molar-refractivity contribution in [2.24, 2.45) is 0 Å². The number of hydrogen-bond acceptors (Lipinski definition) is 3. The molecule has 4 heteroatoms. The third-order valence-electron chi connectivity index (χ3n) is 4.03. The van der Waals surface area contributed by atoms with Gasteiger partial charge in [-0.15, -0.1) is 0 Å². The molecule has 1 saturated heterocycles. The molecule has 1 amide bonds. The molecular formula is C16H20N2O2. The molecule has 0 spiro atoms. The van der Waals surface area contributed by atoms with Crippen molar-refractivity contribution >= 4 is 5.91 Å². The number of rotatable bonds is 5. The minimum atomic E-state index is 0.0461. The van der Waals surface area contributed by atoms with Gasteiger partial charge in [-0.25, -0.2) is 0 Å². The average Bonchev–Trinajstić information content (AvgIpc) is 3.11. The smallest absolute Gasteiger partial charge is 0.252 e. The number of nitrogens with zero attached hydrogens (tertiary/aromatic N) is 1. The molecule has 1 aliphatic heterocycles. The lowest BCUT2D eigenvalue weighted by Gasteiger charge is -2.16. The Labute approximate surface area is 119 Å². The highest BCUT2D eigenvalue weighted by atomic mass is 16.5. The van der Waals surface area contributed by atoms with Crippen LogP contribution in [-0.2, 0) is 9.53 Å². The van der Waals surface area contributed by atoms with Crippen molar-refractivity contribution in [3.8, 4) is 0 Å². The molecule has 0 aromatic rings. The molecular weight excluding hydrogens is 252 g/mol. The van der Waals surface area contributed by atoms with E-state index in [2.05, 4.69) is 10.2 Å². The summed E-state index contributed by atoms with van der Waals surface area (Å²) < 4.78 is 5.09. The van der Waals surface area contributed by atoms with Crippen LogP contribution in [-0.4, -0.2) is 50.2 Å². The number of carbonyl (C=O) groups excluding carboxylic acids is 1. The van der Waals surface area contributed by atoms with E-state index in [0.717, 1.165) is 49.4 Å². The van der Waals surface area contributed by atoms with Crippen LogP contribution in [0.15, 0.2) is 47.1 Å². The zero-order valence-corrected chi connectivity index (χ0v) is 11.8. The van der Waals surface area contributed by atoms with Gasteiger partial charge in [0.05, 0.1) is 6.61 Å². The molecule has 0 saturated carbocycles. The van der Waals surface area contributed by atoms with E-state index in [1.807, 2.05) is 30.4 Å². The van der Waals surface area contributed by atoms with Gasteiger partial charge in [-0.3, -0.25) is 9.69 Å². The fourth-order valence-electron chi connectivity index (χ4n) is 2.92. The lowest BCUT2D eigenvalue weighted by Crippen LogP contribution is -2.38. The van der Waals surface area contributed by atoms with Crippen LogP contribution in [0.4, 0.5) is 0 Å². The average molecular weight is 272 g/mol. The lowest BCUT2D eigenvalue weighted by molar-refractivity contribution is -0.117. The van der Waals surface area contributed by atoms with Crippen molar-refractivity contribution in [3.05, 3.63) is 47.1 Å². The van der Waals surface area contributed by atoms with Gasteiger partial charge >= 0.3 is 0 Å². The molecule has 0 aromatic heterocycles. The Morgan fingerprint density at radius 1 is 1.45 bits per heavy atom. The SMILES string of the molecule is COCCN1CC[C@H](NC(=O)C2=C3C=CC=C3C=C2)C1. The molecule has 1 fully saturated rings. The number of nitrogens with one attached hydrogen (secondary N) is 1. The predicted molar refractivity (Wildman–Crippen MR) is 78.3 cm³/mol. The fraction of sp³-hybridized carbons (Fsp3) is 0.438. The summed E-state index contributed by atoms with van der Waals surface area (Å²) in [6, 6.07) is 0.249. The number of carbonyl (C=O) groups is 1. The minimum Gasteiger partial charge on any atom is -0.383 e. The molecule has 3 aliphatic rings. The first-order chi connectivity index (χ1) is 9.78. The van der Waals surface area contributed by atoms with Crippen molar-refractivity contribution in [1.29, 1.82) is 0 Å². The highest BCUT2D eigenvalue weighted by Gasteiger charge is 2.26. The number of hydrogen-bond donors (Lipinski definition) is 1. The van der Waals surface area contributed by atoms with Gasteiger partial charge in [0, 0.05) is 38.4 Å². The zero-order valence-electron chi connectivity index (χ0n) is 11.8. The molecule has 0 radical (unpaired) electrons. The summed E-state index contributed by atoms with van der Waals surface area (Å²) in [6.45, 7) is 3.63. The molecule has 1 heterocycles. The fourth-order valence-corrected chi connectivity index (χ4v) is 2.92. The predicted octanol–water partition coefficient (Wildman–Crippen LogP) is 1.19. The molecule has 3 rings (SSSR count). The summed E-state index contributed by atoms with van der Waals surface area (Å²) in [5, 5.41) is 3.15. The normalized spacial score (nSPS) is 24.4. The van der Waals surface area contributed by atoms with Gasteiger partial charge in [0.2, 0.25) is 0 Å². The van der Waals surface area contributed by atoms with Gasteiger partial charge in [-0.2, -0.15) is 0 Å². The number of methoxy groups -OCH3 is 1. The van der Waals surface area contributed by atoms with Crippen LogP contribution in [0.2, 0.25) is 0 Å². The van der Waals surface area contributed by atoms with Gasteiger partial charge in [0.15, 0.2) is 0 Å². The second kappa shape index (κ2) is 5.77. The first-order valence-corrected chi connectivity index (χ1v) is 7.11.